The van der Waals surface area contributed by atoms with Gasteiger partial charge in [0, 0.05) is 16.6 Å². The Kier molecular flexibility index (Phi) is 4.43. The van der Waals surface area contributed by atoms with Crippen LogP contribution in [0.4, 0.5) is 4.39 Å². The van der Waals surface area contributed by atoms with Crippen LogP contribution in [0.1, 0.15) is 21.7 Å². The maximum absolute atomic E-state index is 13.5. The zero-order valence-electron chi connectivity index (χ0n) is 10.2. The Bertz CT molecular complexity index is 697. The van der Waals surface area contributed by atoms with E-state index in [2.05, 4.69) is 26.2 Å². The van der Waals surface area contributed by atoms with E-state index < -0.39 is 11.7 Å². The van der Waals surface area contributed by atoms with Crippen molar-refractivity contribution in [3.05, 3.63) is 63.6 Å². The lowest BCUT2D eigenvalue weighted by molar-refractivity contribution is 0.0945. The summed E-state index contributed by atoms with van der Waals surface area (Å²) in [6.45, 7) is 0.0442. The van der Waals surface area contributed by atoms with Crippen molar-refractivity contribution in [2.75, 3.05) is 0 Å². The van der Waals surface area contributed by atoms with Gasteiger partial charge in [-0.15, -0.1) is 0 Å². The Labute approximate surface area is 123 Å². The summed E-state index contributed by atoms with van der Waals surface area (Å²) >= 11 is 3.24. The molecule has 2 aromatic rings. The van der Waals surface area contributed by atoms with Crippen molar-refractivity contribution in [2.24, 2.45) is 0 Å². The first-order chi connectivity index (χ1) is 9.60. The number of aromatic nitrogens is 1. The maximum atomic E-state index is 13.5. The molecule has 0 bridgehead atoms. The van der Waals surface area contributed by atoms with Gasteiger partial charge in [0.25, 0.3) is 5.91 Å². The number of carbonyl (C=O) groups excluding carboxylic acids is 1. The van der Waals surface area contributed by atoms with Crippen LogP contribution in [0, 0.1) is 17.1 Å². The van der Waals surface area contributed by atoms with Crippen LogP contribution in [-0.2, 0) is 6.54 Å². The number of hydrogen-bond donors (Lipinski definition) is 1. The first-order valence-corrected chi connectivity index (χ1v) is 6.49. The molecule has 4 nitrogen and oxygen atoms in total. The number of hydrogen-bond acceptors (Lipinski definition) is 3. The average Bonchev–Trinajstić information content (AvgIpc) is 2.48. The summed E-state index contributed by atoms with van der Waals surface area (Å²) in [5.41, 5.74) is 0.648. The van der Waals surface area contributed by atoms with Crippen molar-refractivity contribution in [3.63, 3.8) is 0 Å². The average molecular weight is 334 g/mol. The molecular formula is C14H9BrFN3O. The van der Waals surface area contributed by atoms with Gasteiger partial charge in [-0.25, -0.2) is 9.37 Å². The lowest BCUT2D eigenvalue weighted by atomic mass is 10.2. The molecule has 0 saturated heterocycles. The van der Waals surface area contributed by atoms with E-state index in [1.54, 1.807) is 18.2 Å². The molecule has 0 aliphatic rings. The highest BCUT2D eigenvalue weighted by Gasteiger charge is 2.09. The molecule has 0 radical (unpaired) electrons. The van der Waals surface area contributed by atoms with Crippen molar-refractivity contribution in [2.45, 2.75) is 6.54 Å². The molecule has 1 aromatic carbocycles. The third kappa shape index (κ3) is 3.39. The maximum Gasteiger partial charge on any atom is 0.270 e. The van der Waals surface area contributed by atoms with Gasteiger partial charge in [-0.1, -0.05) is 22.0 Å². The zero-order valence-corrected chi connectivity index (χ0v) is 11.8. The highest BCUT2D eigenvalue weighted by molar-refractivity contribution is 9.10. The smallest absolute Gasteiger partial charge is 0.270 e. The molecule has 0 spiro atoms. The lowest BCUT2D eigenvalue weighted by Gasteiger charge is -2.06. The van der Waals surface area contributed by atoms with Crippen LogP contribution in [0.25, 0.3) is 0 Å². The Balaban J connectivity index is 2.09. The molecule has 2 rings (SSSR count). The summed E-state index contributed by atoms with van der Waals surface area (Å²) in [6, 6.07) is 10.9. The highest BCUT2D eigenvalue weighted by atomic mass is 79.9. The van der Waals surface area contributed by atoms with Gasteiger partial charge in [-0.3, -0.25) is 4.79 Å². The number of nitrogens with one attached hydrogen (secondary N) is 1. The minimum Gasteiger partial charge on any atom is -0.347 e. The van der Waals surface area contributed by atoms with Crippen LogP contribution in [0.5, 0.6) is 0 Å². The van der Waals surface area contributed by atoms with Crippen LogP contribution in [0.2, 0.25) is 0 Å². The van der Waals surface area contributed by atoms with E-state index in [1.807, 2.05) is 6.07 Å². The second kappa shape index (κ2) is 6.26. The number of pyridine rings is 1. The van der Waals surface area contributed by atoms with E-state index in [1.165, 1.54) is 18.2 Å². The number of amides is 1. The van der Waals surface area contributed by atoms with E-state index in [0.29, 0.717) is 5.56 Å². The monoisotopic (exact) mass is 333 g/mol. The van der Waals surface area contributed by atoms with E-state index in [0.717, 1.165) is 4.47 Å². The first kappa shape index (κ1) is 14.2. The minimum absolute atomic E-state index is 0.0442. The van der Waals surface area contributed by atoms with Crippen molar-refractivity contribution in [1.29, 1.82) is 5.26 Å². The number of nitriles is 1. The number of rotatable bonds is 3. The van der Waals surface area contributed by atoms with Gasteiger partial charge in [0.2, 0.25) is 0 Å². The second-order valence-corrected chi connectivity index (χ2v) is 4.85. The molecule has 100 valence electrons. The van der Waals surface area contributed by atoms with Crippen LogP contribution in [-0.4, -0.2) is 10.9 Å². The molecular weight excluding hydrogens is 325 g/mol. The molecule has 6 heteroatoms. The Hall–Kier alpha value is -2.26. The van der Waals surface area contributed by atoms with E-state index in [9.17, 15) is 9.18 Å². The third-order valence-electron chi connectivity index (χ3n) is 2.54. The fraction of sp³-hybridized carbons (Fsp3) is 0.0714. The zero-order chi connectivity index (χ0) is 14.5. The molecule has 0 aliphatic heterocycles. The molecule has 0 saturated carbocycles. The molecule has 0 atom stereocenters. The molecule has 1 aromatic heterocycles. The number of benzene rings is 1. The quantitative estimate of drug-likeness (QED) is 0.939. The number of halogens is 2. The molecule has 0 fully saturated rings. The SMILES string of the molecule is N#Cc1cccc(C(=O)NCc2cc(Br)ccc2F)n1. The molecule has 0 aliphatic carbocycles. The minimum atomic E-state index is -0.457. The summed E-state index contributed by atoms with van der Waals surface area (Å²) in [4.78, 5) is 15.7. The lowest BCUT2D eigenvalue weighted by Crippen LogP contribution is -2.24. The molecule has 1 amide bonds. The van der Waals surface area contributed by atoms with Gasteiger partial charge in [-0.2, -0.15) is 5.26 Å². The van der Waals surface area contributed by atoms with Gasteiger partial charge in [0.05, 0.1) is 0 Å². The van der Waals surface area contributed by atoms with E-state index >= 15 is 0 Å². The topological polar surface area (TPSA) is 65.8 Å². The van der Waals surface area contributed by atoms with Crippen LogP contribution in [0.3, 0.4) is 0 Å². The summed E-state index contributed by atoms with van der Waals surface area (Å²) in [5, 5.41) is 11.3. The van der Waals surface area contributed by atoms with Crippen molar-refractivity contribution < 1.29 is 9.18 Å². The highest BCUT2D eigenvalue weighted by Crippen LogP contribution is 2.15. The summed E-state index contributed by atoms with van der Waals surface area (Å²) < 4.78 is 14.2. The molecule has 1 N–H and O–H groups in total. The van der Waals surface area contributed by atoms with Crippen molar-refractivity contribution in [3.8, 4) is 6.07 Å². The van der Waals surface area contributed by atoms with E-state index in [-0.39, 0.29) is 17.9 Å². The molecule has 1 heterocycles. The van der Waals surface area contributed by atoms with Crippen molar-refractivity contribution >= 4 is 21.8 Å². The standard InChI is InChI=1S/C14H9BrFN3O/c15-10-4-5-12(16)9(6-10)8-18-14(20)13-3-1-2-11(7-17)19-13/h1-6H,8H2,(H,18,20). The van der Waals surface area contributed by atoms with Gasteiger partial charge in [0.15, 0.2) is 0 Å². The fourth-order valence-electron chi connectivity index (χ4n) is 1.57. The van der Waals surface area contributed by atoms with Crippen molar-refractivity contribution in [1.82, 2.24) is 10.3 Å². The predicted octanol–water partition coefficient (Wildman–Crippen LogP) is 2.78. The summed E-state index contributed by atoms with van der Waals surface area (Å²) in [6.07, 6.45) is 0. The van der Waals surface area contributed by atoms with E-state index in [4.69, 9.17) is 5.26 Å². The van der Waals surface area contributed by atoms with Crippen LogP contribution >= 0.6 is 15.9 Å². The largest absolute Gasteiger partial charge is 0.347 e. The van der Waals surface area contributed by atoms with Crippen LogP contribution in [0.15, 0.2) is 40.9 Å². The summed E-state index contributed by atoms with van der Waals surface area (Å²) in [7, 11) is 0. The third-order valence-corrected chi connectivity index (χ3v) is 3.04. The second-order valence-electron chi connectivity index (χ2n) is 3.94. The Morgan fingerprint density at radius 3 is 2.95 bits per heavy atom. The van der Waals surface area contributed by atoms with Crippen LogP contribution < -0.4 is 5.32 Å². The number of carbonyl (C=O) groups is 1. The number of nitrogens with zero attached hydrogens (tertiary/aromatic N) is 2. The first-order valence-electron chi connectivity index (χ1n) is 5.69. The van der Waals surface area contributed by atoms with Gasteiger partial charge >= 0.3 is 0 Å². The van der Waals surface area contributed by atoms with Gasteiger partial charge < -0.3 is 5.32 Å². The Morgan fingerprint density at radius 1 is 1.40 bits per heavy atom. The fourth-order valence-corrected chi connectivity index (χ4v) is 1.98. The predicted molar refractivity (Wildman–Crippen MR) is 74.2 cm³/mol. The molecule has 20 heavy (non-hydrogen) atoms. The van der Waals surface area contributed by atoms with Gasteiger partial charge in [-0.05, 0) is 30.3 Å². The summed E-state index contributed by atoms with van der Waals surface area (Å²) in [5.74, 6) is -0.853. The Morgan fingerprint density at radius 2 is 2.20 bits per heavy atom. The normalized spacial score (nSPS) is 9.85. The molecule has 0 unspecified atom stereocenters. The van der Waals surface area contributed by atoms with Gasteiger partial charge in [0.1, 0.15) is 23.3 Å².